The van der Waals surface area contributed by atoms with E-state index in [0.29, 0.717) is 0 Å². The van der Waals surface area contributed by atoms with Gasteiger partial charge in [0.05, 0.1) is 11.9 Å². The number of primary sulfonamides is 1. The highest BCUT2D eigenvalue weighted by Gasteiger charge is 2.06. The Balaban J connectivity index is 2.51. The van der Waals surface area contributed by atoms with E-state index in [1.165, 1.54) is 0 Å². The highest BCUT2D eigenvalue weighted by molar-refractivity contribution is 7.89. The average molecular weight is 263 g/mol. The van der Waals surface area contributed by atoms with Crippen molar-refractivity contribution in [2.75, 3.05) is 30.0 Å². The van der Waals surface area contributed by atoms with E-state index < -0.39 is 15.8 Å². The predicted molar refractivity (Wildman–Crippen MR) is 62.6 cm³/mol. The average Bonchev–Trinajstić information content (AvgIpc) is 2.25. The molecule has 0 atom stereocenters. The van der Waals surface area contributed by atoms with Gasteiger partial charge in [-0.3, -0.25) is 0 Å². The number of nitrogens with one attached hydrogen (secondary N) is 2. The summed E-state index contributed by atoms with van der Waals surface area (Å²) in [5.74, 6) is -0.454. The largest absolute Gasteiger partial charge is 0.367 e. The fourth-order valence-corrected chi connectivity index (χ4v) is 1.64. The van der Waals surface area contributed by atoms with Crippen molar-refractivity contribution in [3.05, 3.63) is 12.0 Å². The molecule has 1 aromatic heterocycles. The molecule has 0 saturated heterocycles. The number of nitrogens with two attached hydrogens (primary N) is 1. The zero-order chi connectivity index (χ0) is 12.9. The minimum absolute atomic E-state index is 0.0266. The first-order valence-corrected chi connectivity index (χ1v) is 6.58. The Morgan fingerprint density at radius 1 is 1.53 bits per heavy atom. The van der Waals surface area contributed by atoms with E-state index >= 15 is 0 Å². The summed E-state index contributed by atoms with van der Waals surface area (Å²) in [4.78, 5) is 7.51. The van der Waals surface area contributed by atoms with Crippen LogP contribution in [0.2, 0.25) is 0 Å². The zero-order valence-corrected chi connectivity index (χ0v) is 10.1. The second-order valence-electron chi connectivity index (χ2n) is 3.29. The number of sulfonamides is 1. The molecule has 7 nitrogen and oxygen atoms in total. The van der Waals surface area contributed by atoms with E-state index in [0.717, 1.165) is 6.20 Å². The Bertz CT molecular complexity index is 479. The second-order valence-corrected chi connectivity index (χ2v) is 5.02. The van der Waals surface area contributed by atoms with Gasteiger partial charge in [-0.05, 0) is 6.42 Å². The van der Waals surface area contributed by atoms with Crippen molar-refractivity contribution in [3.63, 3.8) is 0 Å². The number of aromatic nitrogens is 2. The van der Waals surface area contributed by atoms with Crippen molar-refractivity contribution in [3.8, 4) is 0 Å². The highest BCUT2D eigenvalue weighted by atomic mass is 32.2. The molecule has 1 rings (SSSR count). The molecule has 17 heavy (non-hydrogen) atoms. The second kappa shape index (κ2) is 5.73. The Morgan fingerprint density at radius 2 is 2.24 bits per heavy atom. The lowest BCUT2D eigenvalue weighted by Gasteiger charge is -2.07. The third kappa shape index (κ3) is 4.91. The number of hydrogen-bond donors (Lipinski definition) is 3. The van der Waals surface area contributed by atoms with E-state index in [4.69, 9.17) is 5.14 Å². The molecule has 1 aromatic rings. The van der Waals surface area contributed by atoms with Crippen LogP contribution in [-0.4, -0.2) is 37.7 Å². The monoisotopic (exact) mass is 263 g/mol. The summed E-state index contributed by atoms with van der Waals surface area (Å²) >= 11 is 0. The van der Waals surface area contributed by atoms with Crippen LogP contribution in [0.1, 0.15) is 6.42 Å². The topological polar surface area (TPSA) is 110 Å². The van der Waals surface area contributed by atoms with Gasteiger partial charge in [0.15, 0.2) is 11.6 Å². The third-order valence-electron chi connectivity index (χ3n) is 1.87. The van der Waals surface area contributed by atoms with Crippen LogP contribution in [0.15, 0.2) is 6.20 Å². The van der Waals surface area contributed by atoms with Gasteiger partial charge in [0, 0.05) is 13.6 Å². The van der Waals surface area contributed by atoms with Crippen LogP contribution in [-0.2, 0) is 10.0 Å². The van der Waals surface area contributed by atoms with Gasteiger partial charge >= 0.3 is 0 Å². The Morgan fingerprint density at radius 3 is 2.82 bits per heavy atom. The molecule has 0 fully saturated rings. The Hall–Kier alpha value is -1.48. The van der Waals surface area contributed by atoms with Crippen LogP contribution in [0.25, 0.3) is 0 Å². The van der Waals surface area contributed by atoms with Gasteiger partial charge in [-0.2, -0.15) is 4.98 Å². The summed E-state index contributed by atoms with van der Waals surface area (Å²) in [7, 11) is -1.87. The number of halogens is 1. The molecule has 9 heteroatoms. The fourth-order valence-electron chi connectivity index (χ4n) is 1.09. The number of anilines is 2. The molecule has 0 bridgehead atoms. The van der Waals surface area contributed by atoms with Gasteiger partial charge in [-0.15, -0.1) is 0 Å². The lowest BCUT2D eigenvalue weighted by atomic mass is 10.4. The third-order valence-corrected chi connectivity index (χ3v) is 2.72. The van der Waals surface area contributed by atoms with Crippen LogP contribution in [0, 0.1) is 5.82 Å². The van der Waals surface area contributed by atoms with E-state index in [2.05, 4.69) is 20.6 Å². The van der Waals surface area contributed by atoms with Crippen LogP contribution < -0.4 is 15.8 Å². The molecule has 1 heterocycles. The molecule has 0 amide bonds. The van der Waals surface area contributed by atoms with Gasteiger partial charge < -0.3 is 10.6 Å². The van der Waals surface area contributed by atoms with Gasteiger partial charge in [0.2, 0.25) is 16.0 Å². The maximum Gasteiger partial charge on any atom is 0.224 e. The van der Waals surface area contributed by atoms with Crippen LogP contribution >= 0.6 is 0 Å². The maximum absolute atomic E-state index is 13.2. The molecule has 4 N–H and O–H groups in total. The van der Waals surface area contributed by atoms with Gasteiger partial charge in [0.1, 0.15) is 0 Å². The van der Waals surface area contributed by atoms with E-state index in [9.17, 15) is 12.8 Å². The molecule has 0 aliphatic rings. The lowest BCUT2D eigenvalue weighted by molar-refractivity contribution is 0.595. The van der Waals surface area contributed by atoms with Gasteiger partial charge in [-0.25, -0.2) is 22.9 Å². The molecule has 0 aliphatic heterocycles. The first kappa shape index (κ1) is 13.6. The minimum atomic E-state index is -3.48. The Labute approximate surface area is 98.7 Å². The quantitative estimate of drug-likeness (QED) is 0.610. The van der Waals surface area contributed by atoms with Crippen LogP contribution in [0.5, 0.6) is 0 Å². The van der Waals surface area contributed by atoms with Crippen molar-refractivity contribution in [2.45, 2.75) is 6.42 Å². The van der Waals surface area contributed by atoms with Gasteiger partial charge in [-0.1, -0.05) is 0 Å². The van der Waals surface area contributed by atoms with E-state index in [-0.39, 0.29) is 30.5 Å². The molecule has 0 unspecified atom stereocenters. The smallest absolute Gasteiger partial charge is 0.224 e. The summed E-state index contributed by atoms with van der Waals surface area (Å²) in [6, 6.07) is 0. The minimum Gasteiger partial charge on any atom is -0.367 e. The van der Waals surface area contributed by atoms with Crippen LogP contribution in [0.4, 0.5) is 16.2 Å². The normalized spacial score (nSPS) is 11.2. The number of rotatable bonds is 6. The number of hydrogen-bond acceptors (Lipinski definition) is 6. The van der Waals surface area contributed by atoms with Crippen molar-refractivity contribution in [1.29, 1.82) is 0 Å². The van der Waals surface area contributed by atoms with Crippen LogP contribution in [0.3, 0.4) is 0 Å². The first-order chi connectivity index (χ1) is 7.92. The fraction of sp³-hybridized carbons (Fsp3) is 0.500. The number of nitrogens with zero attached hydrogens (tertiary/aromatic N) is 2. The SMILES string of the molecule is CNc1ncc(F)c(NCCCS(N)(=O)=O)n1. The summed E-state index contributed by atoms with van der Waals surface area (Å²) in [5.41, 5.74) is 0. The zero-order valence-electron chi connectivity index (χ0n) is 9.27. The van der Waals surface area contributed by atoms with Gasteiger partial charge in [0.25, 0.3) is 0 Å². The molecule has 0 radical (unpaired) electrons. The summed E-state index contributed by atoms with van der Waals surface area (Å²) < 4.78 is 34.5. The molecule has 0 saturated carbocycles. The lowest BCUT2D eigenvalue weighted by Crippen LogP contribution is -2.19. The maximum atomic E-state index is 13.2. The molecule has 96 valence electrons. The molecular weight excluding hydrogens is 249 g/mol. The van der Waals surface area contributed by atoms with E-state index in [1.807, 2.05) is 0 Å². The Kier molecular flexibility index (Phi) is 4.58. The van der Waals surface area contributed by atoms with E-state index in [1.54, 1.807) is 7.05 Å². The summed E-state index contributed by atoms with van der Waals surface area (Å²) in [6.07, 6.45) is 1.30. The molecule has 0 aromatic carbocycles. The summed E-state index contributed by atoms with van der Waals surface area (Å²) in [6.45, 7) is 0.257. The van der Waals surface area contributed by atoms with Crippen molar-refractivity contribution in [1.82, 2.24) is 9.97 Å². The predicted octanol–water partition coefficient (Wildman–Crippen LogP) is -0.252. The standard InChI is InChI=1S/C8H14FN5O2S/c1-11-8-13-5-6(9)7(14-8)12-3-2-4-17(10,15)16/h5H,2-4H2,1H3,(H2,10,15,16)(H2,11,12,13,14). The van der Waals surface area contributed by atoms with Crippen molar-refractivity contribution >= 4 is 21.8 Å². The molecule has 0 aliphatic carbocycles. The first-order valence-electron chi connectivity index (χ1n) is 4.87. The van der Waals surface area contributed by atoms with Crippen molar-refractivity contribution in [2.24, 2.45) is 5.14 Å². The summed E-state index contributed by atoms with van der Waals surface area (Å²) in [5, 5.41) is 10.2. The van der Waals surface area contributed by atoms with Crippen molar-refractivity contribution < 1.29 is 12.8 Å². The molecular formula is C8H14FN5O2S. The molecule has 0 spiro atoms. The highest BCUT2D eigenvalue weighted by Crippen LogP contribution is 2.11.